The molecule has 0 saturated heterocycles. The zero-order chi connectivity index (χ0) is 24.7. The molecular formula is C26H21ClN4O3S. The Kier molecular flexibility index (Phi) is 5.78. The zero-order valence-corrected chi connectivity index (χ0v) is 20.3. The first kappa shape index (κ1) is 23.0. The number of aryl methyl sites for hydroxylation is 3. The van der Waals surface area contributed by atoms with E-state index in [2.05, 4.69) is 0 Å². The zero-order valence-electron chi connectivity index (χ0n) is 18.8. The van der Waals surface area contributed by atoms with E-state index in [0.717, 1.165) is 11.1 Å². The van der Waals surface area contributed by atoms with Crippen molar-refractivity contribution in [2.45, 2.75) is 29.7 Å². The monoisotopic (exact) mass is 504 g/mol. The first-order valence-corrected chi connectivity index (χ1v) is 12.8. The summed E-state index contributed by atoms with van der Waals surface area (Å²) < 4.78 is 30.0. The molecule has 0 radical (unpaired) electrons. The molecule has 5 aromatic rings. The second kappa shape index (κ2) is 8.79. The molecule has 176 valence electrons. The van der Waals surface area contributed by atoms with Crippen molar-refractivity contribution in [1.29, 1.82) is 5.41 Å². The van der Waals surface area contributed by atoms with Crippen LogP contribution in [-0.2, 0) is 22.8 Å². The molecule has 0 unspecified atom stereocenters. The number of hydrogen-bond donors (Lipinski definition) is 1. The molecule has 3 heterocycles. The molecule has 0 spiro atoms. The number of fused-ring (bicyclic) bond motifs is 2. The Hall–Kier alpha value is -3.75. The largest absolute Gasteiger partial charge is 0.309 e. The van der Waals surface area contributed by atoms with Crippen LogP contribution >= 0.6 is 11.6 Å². The van der Waals surface area contributed by atoms with Gasteiger partial charge in [0, 0.05) is 17.8 Å². The fraction of sp³-hybridized carbons (Fsp3) is 0.115. The maximum Gasteiger partial charge on any atom is 0.267 e. The highest BCUT2D eigenvalue weighted by Crippen LogP contribution is 2.23. The Morgan fingerprint density at radius 3 is 2.40 bits per heavy atom. The normalized spacial score (nSPS) is 11.8. The molecule has 0 saturated carbocycles. The minimum absolute atomic E-state index is 0.00551. The molecule has 0 atom stereocenters. The van der Waals surface area contributed by atoms with Crippen LogP contribution in [0.3, 0.4) is 0 Å². The highest BCUT2D eigenvalue weighted by atomic mass is 35.5. The minimum atomic E-state index is -4.10. The van der Waals surface area contributed by atoms with Gasteiger partial charge in [0.05, 0.1) is 10.3 Å². The van der Waals surface area contributed by atoms with Crippen molar-refractivity contribution in [3.05, 3.63) is 111 Å². The standard InChI is InChI=1S/C26H21ClN4O3S/c1-17-6-5-14-31-24(17)29-25-21(26(31)32)16-22(35(33,34)20-11-9-19(27)10-12-20)23(28)30(25)15-13-18-7-3-2-4-8-18/h2-12,14,16,28H,13,15H2,1H3. The summed E-state index contributed by atoms with van der Waals surface area (Å²) in [5.41, 5.74) is 1.94. The maximum atomic E-state index is 13.6. The van der Waals surface area contributed by atoms with Gasteiger partial charge in [-0.3, -0.25) is 14.6 Å². The lowest BCUT2D eigenvalue weighted by atomic mass is 10.1. The average Bonchev–Trinajstić information content (AvgIpc) is 2.85. The average molecular weight is 505 g/mol. The third-order valence-corrected chi connectivity index (χ3v) is 8.01. The molecule has 7 nitrogen and oxygen atoms in total. The van der Waals surface area contributed by atoms with Gasteiger partial charge in [-0.1, -0.05) is 48.0 Å². The van der Waals surface area contributed by atoms with Crippen molar-refractivity contribution in [3.8, 4) is 0 Å². The number of sulfone groups is 1. The molecule has 35 heavy (non-hydrogen) atoms. The van der Waals surface area contributed by atoms with E-state index in [1.165, 1.54) is 39.3 Å². The van der Waals surface area contributed by atoms with Gasteiger partial charge in [-0.15, -0.1) is 0 Å². The summed E-state index contributed by atoms with van der Waals surface area (Å²) in [4.78, 5) is 17.9. The van der Waals surface area contributed by atoms with Gasteiger partial charge in [0.2, 0.25) is 9.84 Å². The van der Waals surface area contributed by atoms with E-state index in [-0.39, 0.29) is 32.9 Å². The third kappa shape index (κ3) is 4.05. The number of nitrogens with zero attached hydrogens (tertiary/aromatic N) is 3. The summed E-state index contributed by atoms with van der Waals surface area (Å²) in [6, 6.07) is 20.3. The molecule has 0 fully saturated rings. The lowest BCUT2D eigenvalue weighted by Gasteiger charge is -2.16. The van der Waals surface area contributed by atoms with Crippen molar-refractivity contribution >= 4 is 38.1 Å². The molecule has 0 aliphatic rings. The summed E-state index contributed by atoms with van der Waals surface area (Å²) >= 11 is 5.94. The number of benzene rings is 2. The highest BCUT2D eigenvalue weighted by Gasteiger charge is 2.24. The first-order chi connectivity index (χ1) is 16.8. The number of pyridine rings is 2. The first-order valence-electron chi connectivity index (χ1n) is 10.9. The van der Waals surface area contributed by atoms with Crippen LogP contribution in [0.2, 0.25) is 5.02 Å². The predicted octanol–water partition coefficient (Wildman–Crippen LogP) is 4.17. The minimum Gasteiger partial charge on any atom is -0.309 e. The van der Waals surface area contributed by atoms with Gasteiger partial charge in [-0.25, -0.2) is 13.4 Å². The second-order valence-corrected chi connectivity index (χ2v) is 10.6. The Labute approximate surface area is 206 Å². The summed E-state index contributed by atoms with van der Waals surface area (Å²) in [5, 5.41) is 9.41. The molecule has 2 aromatic carbocycles. The number of aromatic nitrogens is 3. The van der Waals surface area contributed by atoms with Crippen molar-refractivity contribution in [3.63, 3.8) is 0 Å². The Balaban J connectivity index is 1.82. The summed E-state index contributed by atoms with van der Waals surface area (Å²) in [6.07, 6.45) is 2.14. The van der Waals surface area contributed by atoms with Gasteiger partial charge in [-0.05, 0) is 60.9 Å². The predicted molar refractivity (Wildman–Crippen MR) is 135 cm³/mol. The van der Waals surface area contributed by atoms with Crippen LogP contribution in [0.5, 0.6) is 0 Å². The van der Waals surface area contributed by atoms with Crippen LogP contribution in [0.15, 0.2) is 93.6 Å². The fourth-order valence-electron chi connectivity index (χ4n) is 4.12. The van der Waals surface area contributed by atoms with E-state index >= 15 is 0 Å². The number of rotatable bonds is 5. The van der Waals surface area contributed by atoms with Gasteiger partial charge in [-0.2, -0.15) is 0 Å². The van der Waals surface area contributed by atoms with E-state index in [9.17, 15) is 13.2 Å². The molecule has 0 aliphatic heterocycles. The third-order valence-electron chi connectivity index (χ3n) is 5.98. The quantitative estimate of drug-likeness (QED) is 0.363. The lowest BCUT2D eigenvalue weighted by molar-refractivity contribution is 0.588. The fourth-order valence-corrected chi connectivity index (χ4v) is 5.63. The van der Waals surface area contributed by atoms with Gasteiger partial charge in [0.15, 0.2) is 0 Å². The lowest BCUT2D eigenvalue weighted by Crippen LogP contribution is -2.30. The van der Waals surface area contributed by atoms with E-state index in [0.29, 0.717) is 17.1 Å². The second-order valence-electron chi connectivity index (χ2n) is 8.24. The van der Waals surface area contributed by atoms with Crippen LogP contribution in [0, 0.1) is 12.3 Å². The Morgan fingerprint density at radius 1 is 0.971 bits per heavy atom. The van der Waals surface area contributed by atoms with Gasteiger partial charge < -0.3 is 4.57 Å². The van der Waals surface area contributed by atoms with Gasteiger partial charge in [0.25, 0.3) is 5.56 Å². The Bertz CT molecular complexity index is 1810. The molecule has 0 amide bonds. The molecule has 0 aliphatic carbocycles. The van der Waals surface area contributed by atoms with Crippen LogP contribution in [0.25, 0.3) is 16.7 Å². The molecule has 9 heteroatoms. The number of halogens is 1. The van der Waals surface area contributed by atoms with Crippen molar-refractivity contribution in [1.82, 2.24) is 14.0 Å². The molecule has 1 N–H and O–H groups in total. The number of hydrogen-bond acceptors (Lipinski definition) is 5. The van der Waals surface area contributed by atoms with E-state index in [4.69, 9.17) is 22.0 Å². The smallest absolute Gasteiger partial charge is 0.267 e. The maximum absolute atomic E-state index is 13.6. The van der Waals surface area contributed by atoms with Gasteiger partial charge >= 0.3 is 0 Å². The van der Waals surface area contributed by atoms with E-state index < -0.39 is 15.4 Å². The van der Waals surface area contributed by atoms with Crippen molar-refractivity contribution in [2.75, 3.05) is 0 Å². The summed E-state index contributed by atoms with van der Waals surface area (Å²) in [7, 11) is -4.10. The SMILES string of the molecule is Cc1cccn2c(=O)c3cc(S(=O)(=O)c4ccc(Cl)cc4)c(=N)n(CCc4ccccc4)c3nc12. The highest BCUT2D eigenvalue weighted by molar-refractivity contribution is 7.91. The molecule has 3 aromatic heterocycles. The summed E-state index contributed by atoms with van der Waals surface area (Å²) in [6.45, 7) is 2.13. The molecule has 0 bridgehead atoms. The molecule has 5 rings (SSSR count). The van der Waals surface area contributed by atoms with Gasteiger partial charge in [0.1, 0.15) is 21.7 Å². The van der Waals surface area contributed by atoms with E-state index in [1.54, 1.807) is 12.3 Å². The molecular weight excluding hydrogens is 484 g/mol. The summed E-state index contributed by atoms with van der Waals surface area (Å²) in [5.74, 6) is 0. The topological polar surface area (TPSA) is 97.3 Å². The number of nitrogens with one attached hydrogen (secondary N) is 1. The van der Waals surface area contributed by atoms with Crippen molar-refractivity contribution < 1.29 is 8.42 Å². The van der Waals surface area contributed by atoms with Crippen LogP contribution in [0.1, 0.15) is 11.1 Å². The van der Waals surface area contributed by atoms with Crippen molar-refractivity contribution in [2.24, 2.45) is 0 Å². The van der Waals surface area contributed by atoms with Crippen LogP contribution in [-0.4, -0.2) is 22.4 Å². The van der Waals surface area contributed by atoms with E-state index in [1.807, 2.05) is 43.3 Å². The van der Waals surface area contributed by atoms with Crippen LogP contribution in [0.4, 0.5) is 0 Å². The Morgan fingerprint density at radius 2 is 1.69 bits per heavy atom. The van der Waals surface area contributed by atoms with Crippen LogP contribution < -0.4 is 11.0 Å².